The number of aromatic amines is 1. The Morgan fingerprint density at radius 2 is 2.05 bits per heavy atom. The number of pyridine rings is 1. The maximum absolute atomic E-state index is 12.5. The summed E-state index contributed by atoms with van der Waals surface area (Å²) in [4.78, 5) is 26.4. The van der Waals surface area contributed by atoms with Crippen LogP contribution in [0.5, 0.6) is 0 Å². The van der Waals surface area contributed by atoms with E-state index in [0.717, 1.165) is 6.42 Å². The topological polar surface area (TPSA) is 62.0 Å². The van der Waals surface area contributed by atoms with Gasteiger partial charge in [0, 0.05) is 12.3 Å². The predicted molar refractivity (Wildman–Crippen MR) is 86.1 cm³/mol. The highest BCUT2D eigenvalue weighted by Crippen LogP contribution is 2.36. The fraction of sp³-hybridized carbons (Fsp3) is 0.333. The van der Waals surface area contributed by atoms with Gasteiger partial charge in [-0.3, -0.25) is 9.59 Å². The van der Waals surface area contributed by atoms with Gasteiger partial charge in [0.05, 0.1) is 11.6 Å². The number of carbonyl (C=O) groups is 1. The highest BCUT2D eigenvalue weighted by molar-refractivity contribution is 5.95. The van der Waals surface area contributed by atoms with Gasteiger partial charge in [-0.05, 0) is 42.9 Å². The fourth-order valence-electron chi connectivity index (χ4n) is 3.22. The maximum atomic E-state index is 12.5. The molecule has 1 amide bonds. The number of nitrogens with one attached hydrogen (secondary N) is 2. The minimum atomic E-state index is -0.191. The Kier molecular flexibility index (Phi) is 3.61. The number of amides is 1. The molecule has 0 bridgehead atoms. The summed E-state index contributed by atoms with van der Waals surface area (Å²) in [5.74, 6) is 0.226. The molecule has 1 aromatic heterocycles. The molecular weight excluding hydrogens is 276 g/mol. The number of aromatic nitrogens is 1. The number of aryl methyl sites for hydroxylation is 2. The number of H-pyrrole nitrogens is 1. The molecule has 1 aliphatic rings. The first-order valence-corrected chi connectivity index (χ1v) is 7.55. The van der Waals surface area contributed by atoms with E-state index in [0.29, 0.717) is 17.0 Å². The van der Waals surface area contributed by atoms with Crippen molar-refractivity contribution in [2.75, 3.05) is 0 Å². The van der Waals surface area contributed by atoms with E-state index in [9.17, 15) is 9.59 Å². The summed E-state index contributed by atoms with van der Waals surface area (Å²) < 4.78 is 0. The Hall–Kier alpha value is -2.36. The number of rotatable bonds is 2. The van der Waals surface area contributed by atoms with Gasteiger partial charge in [0.2, 0.25) is 5.56 Å². The third kappa shape index (κ3) is 2.56. The maximum Gasteiger partial charge on any atom is 0.253 e. The van der Waals surface area contributed by atoms with Crippen molar-refractivity contribution >= 4 is 5.91 Å². The zero-order chi connectivity index (χ0) is 15.9. The van der Waals surface area contributed by atoms with Crippen molar-refractivity contribution in [1.29, 1.82) is 0 Å². The van der Waals surface area contributed by atoms with Gasteiger partial charge in [0.15, 0.2) is 0 Å². The van der Waals surface area contributed by atoms with Crippen LogP contribution < -0.4 is 10.9 Å². The molecule has 2 N–H and O–H groups in total. The summed E-state index contributed by atoms with van der Waals surface area (Å²) in [5, 5.41) is 3.13. The van der Waals surface area contributed by atoms with E-state index in [2.05, 4.69) is 42.3 Å². The van der Waals surface area contributed by atoms with Crippen molar-refractivity contribution < 1.29 is 4.79 Å². The van der Waals surface area contributed by atoms with Crippen LogP contribution in [0.15, 0.2) is 35.3 Å². The van der Waals surface area contributed by atoms with Crippen molar-refractivity contribution in [1.82, 2.24) is 10.3 Å². The van der Waals surface area contributed by atoms with Gasteiger partial charge in [-0.1, -0.05) is 30.7 Å². The van der Waals surface area contributed by atoms with Gasteiger partial charge in [0.1, 0.15) is 0 Å². The largest absolute Gasteiger partial charge is 0.345 e. The summed E-state index contributed by atoms with van der Waals surface area (Å²) in [7, 11) is 0. The van der Waals surface area contributed by atoms with Crippen LogP contribution in [0.4, 0.5) is 0 Å². The second-order valence-electron chi connectivity index (χ2n) is 6.23. The average Bonchev–Trinajstić information content (AvgIpc) is 2.75. The normalized spacial score (nSPS) is 19.8. The van der Waals surface area contributed by atoms with E-state index in [-0.39, 0.29) is 17.5 Å². The highest BCUT2D eigenvalue weighted by Gasteiger charge is 2.31. The first-order chi connectivity index (χ1) is 10.5. The molecule has 22 heavy (non-hydrogen) atoms. The third-order valence-electron chi connectivity index (χ3n) is 4.41. The smallest absolute Gasteiger partial charge is 0.253 e. The molecular formula is C18H20N2O2. The Labute approximate surface area is 129 Å². The zero-order valence-corrected chi connectivity index (χ0v) is 13.1. The van der Waals surface area contributed by atoms with Crippen LogP contribution in [0.1, 0.15) is 45.6 Å². The van der Waals surface area contributed by atoms with Gasteiger partial charge in [-0.25, -0.2) is 0 Å². The highest BCUT2D eigenvalue weighted by atomic mass is 16.2. The molecule has 0 saturated heterocycles. The zero-order valence-electron chi connectivity index (χ0n) is 13.1. The summed E-state index contributed by atoms with van der Waals surface area (Å²) in [6.45, 7) is 5.99. The van der Waals surface area contributed by atoms with Crippen molar-refractivity contribution in [3.63, 3.8) is 0 Å². The van der Waals surface area contributed by atoms with E-state index >= 15 is 0 Å². The molecule has 1 aromatic carbocycles. The molecule has 1 aliphatic carbocycles. The minimum absolute atomic E-state index is 0.0220. The first kappa shape index (κ1) is 14.6. The molecule has 0 fully saturated rings. The fourth-order valence-corrected chi connectivity index (χ4v) is 3.22. The Morgan fingerprint density at radius 3 is 2.77 bits per heavy atom. The van der Waals surface area contributed by atoms with Gasteiger partial charge >= 0.3 is 0 Å². The molecule has 0 saturated carbocycles. The lowest BCUT2D eigenvalue weighted by atomic mass is 10.0. The van der Waals surface area contributed by atoms with Crippen molar-refractivity contribution in [2.45, 2.75) is 33.2 Å². The van der Waals surface area contributed by atoms with E-state index in [1.165, 1.54) is 29.0 Å². The van der Waals surface area contributed by atoms with Crippen LogP contribution in [-0.2, 0) is 6.42 Å². The Balaban J connectivity index is 1.89. The second-order valence-corrected chi connectivity index (χ2v) is 6.23. The molecule has 1 heterocycles. The molecule has 0 radical (unpaired) electrons. The molecule has 3 rings (SSSR count). The summed E-state index contributed by atoms with van der Waals surface area (Å²) in [6.07, 6.45) is 2.47. The molecule has 4 nitrogen and oxygen atoms in total. The van der Waals surface area contributed by atoms with E-state index < -0.39 is 0 Å². The standard InChI is InChI=1S/C18H20N2O2/c1-10-4-5-13-7-12(3)17(14(13)6-10)20-18(22)15-9-19-16(21)8-11(15)2/h4-6,8-9,12,17H,7H2,1-3H3,(H,19,21)(H,20,22)/t12-,17-/m1/s1. The van der Waals surface area contributed by atoms with Gasteiger partial charge in [-0.15, -0.1) is 0 Å². The number of hydrogen-bond donors (Lipinski definition) is 2. The van der Waals surface area contributed by atoms with Crippen LogP contribution in [-0.4, -0.2) is 10.9 Å². The van der Waals surface area contributed by atoms with Crippen LogP contribution in [0.25, 0.3) is 0 Å². The predicted octanol–water partition coefficient (Wildman–Crippen LogP) is 2.66. The van der Waals surface area contributed by atoms with Gasteiger partial charge < -0.3 is 10.3 Å². The van der Waals surface area contributed by atoms with E-state index in [4.69, 9.17) is 0 Å². The van der Waals surface area contributed by atoms with Crippen LogP contribution in [0.3, 0.4) is 0 Å². The van der Waals surface area contributed by atoms with Crippen LogP contribution in [0.2, 0.25) is 0 Å². The second kappa shape index (κ2) is 5.44. The minimum Gasteiger partial charge on any atom is -0.345 e. The first-order valence-electron chi connectivity index (χ1n) is 7.55. The molecule has 4 heteroatoms. The lowest BCUT2D eigenvalue weighted by molar-refractivity contribution is 0.0926. The van der Waals surface area contributed by atoms with Gasteiger partial charge in [0.25, 0.3) is 5.91 Å². The Bertz CT molecular complexity index is 792. The molecule has 0 unspecified atom stereocenters. The van der Waals surface area contributed by atoms with E-state index in [1.54, 1.807) is 6.92 Å². The van der Waals surface area contributed by atoms with Crippen LogP contribution >= 0.6 is 0 Å². The SMILES string of the molecule is Cc1ccc2c(c1)[C@H](NC(=O)c1c[nH]c(=O)cc1C)[C@H](C)C2. The average molecular weight is 296 g/mol. The molecule has 114 valence electrons. The number of fused-ring (bicyclic) bond motifs is 1. The van der Waals surface area contributed by atoms with Crippen molar-refractivity contribution in [3.05, 3.63) is 68.6 Å². The molecule has 0 aliphatic heterocycles. The molecule has 2 aromatic rings. The number of hydrogen-bond acceptors (Lipinski definition) is 2. The molecule has 0 spiro atoms. The monoisotopic (exact) mass is 296 g/mol. The van der Waals surface area contributed by atoms with Crippen molar-refractivity contribution in [2.24, 2.45) is 5.92 Å². The summed E-state index contributed by atoms with van der Waals surface area (Å²) >= 11 is 0. The van der Waals surface area contributed by atoms with E-state index in [1.807, 2.05) is 0 Å². The summed E-state index contributed by atoms with van der Waals surface area (Å²) in [6, 6.07) is 7.89. The molecule has 2 atom stereocenters. The van der Waals surface area contributed by atoms with Crippen LogP contribution in [0, 0.1) is 19.8 Å². The lowest BCUT2D eigenvalue weighted by Crippen LogP contribution is -2.31. The Morgan fingerprint density at radius 1 is 1.27 bits per heavy atom. The quantitative estimate of drug-likeness (QED) is 0.895. The number of carbonyl (C=O) groups excluding carboxylic acids is 1. The summed E-state index contributed by atoms with van der Waals surface area (Å²) in [5.41, 5.74) is 4.74. The van der Waals surface area contributed by atoms with Crippen molar-refractivity contribution in [3.8, 4) is 0 Å². The number of benzene rings is 1. The lowest BCUT2D eigenvalue weighted by Gasteiger charge is -2.19. The third-order valence-corrected chi connectivity index (χ3v) is 4.41. The van der Waals surface area contributed by atoms with Gasteiger partial charge in [-0.2, -0.15) is 0 Å².